The minimum Gasteiger partial charge on any atom is -0.228 e. The lowest BCUT2D eigenvalue weighted by Gasteiger charge is -2.11. The van der Waals surface area contributed by atoms with E-state index in [1.54, 1.807) is 0 Å². The van der Waals surface area contributed by atoms with E-state index in [9.17, 15) is 0 Å². The quantitative estimate of drug-likeness (QED) is 0.272. The summed E-state index contributed by atoms with van der Waals surface area (Å²) in [7, 11) is 6.04. The predicted molar refractivity (Wildman–Crippen MR) is 137 cm³/mol. The van der Waals surface area contributed by atoms with E-state index in [1.165, 1.54) is 11.1 Å². The third-order valence-electron chi connectivity index (χ3n) is 5.28. The van der Waals surface area contributed by atoms with Gasteiger partial charge in [-0.1, -0.05) is 112 Å². The Balaban J connectivity index is 1.62. The number of aromatic nitrogens is 2. The third-order valence-corrected chi connectivity index (χ3v) is 5.77. The van der Waals surface area contributed by atoms with Crippen LogP contribution < -0.4 is 5.46 Å². The van der Waals surface area contributed by atoms with Crippen molar-refractivity contribution in [3.8, 4) is 45.0 Å². The number of rotatable bonds is 4. The summed E-state index contributed by atoms with van der Waals surface area (Å²) >= 11 is 3.55. The summed E-state index contributed by atoms with van der Waals surface area (Å²) in [4.78, 5) is 9.76. The van der Waals surface area contributed by atoms with Crippen LogP contribution in [0.25, 0.3) is 45.0 Å². The van der Waals surface area contributed by atoms with Gasteiger partial charge in [0.15, 0.2) is 5.82 Å². The van der Waals surface area contributed by atoms with Crippen LogP contribution in [-0.4, -0.2) is 17.8 Å². The van der Waals surface area contributed by atoms with Gasteiger partial charge in [-0.2, -0.15) is 0 Å². The fourth-order valence-electron chi connectivity index (χ4n) is 3.66. The van der Waals surface area contributed by atoms with Crippen molar-refractivity contribution >= 4 is 29.2 Å². The maximum Gasteiger partial charge on any atom is 0.160 e. The minimum atomic E-state index is 0.674. The maximum absolute atomic E-state index is 6.04. The van der Waals surface area contributed by atoms with Crippen LogP contribution in [-0.2, 0) is 0 Å². The fourth-order valence-corrected chi connectivity index (χ4v) is 4.06. The first-order chi connectivity index (χ1) is 15.7. The largest absolute Gasteiger partial charge is 0.228 e. The van der Waals surface area contributed by atoms with Crippen LogP contribution in [0.4, 0.5) is 0 Å². The van der Waals surface area contributed by atoms with Crippen molar-refractivity contribution in [3.05, 3.63) is 114 Å². The molecule has 0 aliphatic rings. The van der Waals surface area contributed by atoms with Crippen LogP contribution in [0, 0.1) is 0 Å². The van der Waals surface area contributed by atoms with Gasteiger partial charge in [0.05, 0.1) is 11.4 Å². The number of hydrogen-bond donors (Lipinski definition) is 0. The van der Waals surface area contributed by atoms with Crippen LogP contribution >= 0.6 is 15.9 Å². The summed E-state index contributed by atoms with van der Waals surface area (Å²) in [6.45, 7) is 0. The number of hydrogen-bond acceptors (Lipinski definition) is 2. The summed E-state index contributed by atoms with van der Waals surface area (Å²) in [6, 6.07) is 36.7. The van der Waals surface area contributed by atoms with Gasteiger partial charge in [-0.3, -0.25) is 0 Å². The summed E-state index contributed by atoms with van der Waals surface area (Å²) < 4.78 is 0.988. The van der Waals surface area contributed by atoms with Crippen LogP contribution in [0.1, 0.15) is 0 Å². The first-order valence-corrected chi connectivity index (χ1v) is 11.1. The molecule has 1 heterocycles. The number of halogens is 1. The zero-order valence-corrected chi connectivity index (χ0v) is 18.8. The van der Waals surface area contributed by atoms with E-state index in [0.29, 0.717) is 11.3 Å². The summed E-state index contributed by atoms with van der Waals surface area (Å²) in [5.41, 5.74) is 7.73. The second-order valence-electron chi connectivity index (χ2n) is 7.54. The van der Waals surface area contributed by atoms with Crippen LogP contribution in [0.5, 0.6) is 0 Å². The normalized spacial score (nSPS) is 10.8. The molecular weight excluding hydrogens is 455 g/mol. The number of nitrogens with zero attached hydrogens (tertiary/aromatic N) is 2. The van der Waals surface area contributed by atoms with Gasteiger partial charge in [0.25, 0.3) is 0 Å². The molecule has 5 aromatic rings. The Kier molecular flexibility index (Phi) is 5.70. The topological polar surface area (TPSA) is 25.8 Å². The van der Waals surface area contributed by atoms with E-state index in [1.807, 2.05) is 60.7 Å². The first-order valence-electron chi connectivity index (χ1n) is 10.3. The monoisotopic (exact) mass is 472 g/mol. The van der Waals surface area contributed by atoms with Gasteiger partial charge in [0.1, 0.15) is 7.85 Å². The molecule has 0 atom stereocenters. The summed E-state index contributed by atoms with van der Waals surface area (Å²) in [5.74, 6) is 0.674. The lowest BCUT2D eigenvalue weighted by molar-refractivity contribution is 1.18. The molecule has 0 bridgehead atoms. The van der Waals surface area contributed by atoms with E-state index in [2.05, 4.69) is 64.5 Å². The smallest absolute Gasteiger partial charge is 0.160 e. The highest BCUT2D eigenvalue weighted by atomic mass is 79.9. The highest BCUT2D eigenvalue weighted by Crippen LogP contribution is 2.29. The van der Waals surface area contributed by atoms with Gasteiger partial charge < -0.3 is 0 Å². The van der Waals surface area contributed by atoms with Gasteiger partial charge in [0.2, 0.25) is 0 Å². The molecule has 0 saturated heterocycles. The molecule has 1 aromatic heterocycles. The molecule has 0 fully saturated rings. The van der Waals surface area contributed by atoms with Gasteiger partial charge in [-0.25, -0.2) is 9.97 Å². The molecule has 4 aromatic carbocycles. The lowest BCUT2D eigenvalue weighted by atomic mass is 9.93. The van der Waals surface area contributed by atoms with Crippen molar-refractivity contribution in [2.75, 3.05) is 0 Å². The second kappa shape index (κ2) is 8.93. The minimum absolute atomic E-state index is 0.674. The van der Waals surface area contributed by atoms with Crippen molar-refractivity contribution in [3.63, 3.8) is 0 Å². The molecule has 0 aliphatic carbocycles. The fraction of sp³-hybridized carbons (Fsp3) is 0. The average Bonchev–Trinajstić information content (AvgIpc) is 2.84. The zero-order chi connectivity index (χ0) is 21.9. The van der Waals surface area contributed by atoms with E-state index < -0.39 is 0 Å². The molecule has 0 saturated carbocycles. The molecule has 5 rings (SSSR count). The predicted octanol–water partition coefficient (Wildman–Crippen LogP) is 6.70. The molecule has 150 valence electrons. The van der Waals surface area contributed by atoms with Crippen molar-refractivity contribution in [2.24, 2.45) is 0 Å². The average molecular weight is 473 g/mol. The van der Waals surface area contributed by atoms with E-state index in [0.717, 1.165) is 32.6 Å². The van der Waals surface area contributed by atoms with Crippen molar-refractivity contribution in [1.29, 1.82) is 0 Å². The highest BCUT2D eigenvalue weighted by molar-refractivity contribution is 9.10. The molecule has 2 radical (unpaired) electrons. The SMILES string of the molecule is [B]c1cccc(-c2cc(-c3ccc(-c4ccccc4)cc3)nc(-c3cccc(Br)c3)n2)c1. The first kappa shape index (κ1) is 20.4. The maximum atomic E-state index is 6.04. The molecule has 0 spiro atoms. The van der Waals surface area contributed by atoms with E-state index in [4.69, 9.17) is 17.8 Å². The molecule has 4 heteroatoms. The van der Waals surface area contributed by atoms with Crippen LogP contribution in [0.2, 0.25) is 0 Å². The molecule has 32 heavy (non-hydrogen) atoms. The summed E-state index contributed by atoms with van der Waals surface area (Å²) in [6.07, 6.45) is 0. The highest BCUT2D eigenvalue weighted by Gasteiger charge is 2.11. The van der Waals surface area contributed by atoms with Crippen LogP contribution in [0.15, 0.2) is 114 Å². The molecular formula is C28H18BBrN2. The molecule has 2 nitrogen and oxygen atoms in total. The Hall–Kier alpha value is -3.50. The Labute approximate surface area is 197 Å². The van der Waals surface area contributed by atoms with E-state index in [-0.39, 0.29) is 0 Å². The van der Waals surface area contributed by atoms with E-state index >= 15 is 0 Å². The zero-order valence-electron chi connectivity index (χ0n) is 17.2. The second-order valence-corrected chi connectivity index (χ2v) is 8.46. The van der Waals surface area contributed by atoms with Gasteiger partial charge >= 0.3 is 0 Å². The van der Waals surface area contributed by atoms with Gasteiger partial charge in [-0.05, 0) is 34.9 Å². The molecule has 0 unspecified atom stereocenters. The summed E-state index contributed by atoms with van der Waals surface area (Å²) in [5, 5.41) is 0. The Morgan fingerprint density at radius 2 is 1.09 bits per heavy atom. The Morgan fingerprint density at radius 3 is 1.81 bits per heavy atom. The van der Waals surface area contributed by atoms with Gasteiger partial charge in [0, 0.05) is 15.6 Å². The Morgan fingerprint density at radius 1 is 0.500 bits per heavy atom. The third kappa shape index (κ3) is 4.41. The standard InChI is InChI=1S/C28H18BBrN2/c29-24-10-4-8-22(16-24)27-18-26(31-28(32-27)23-9-5-11-25(30)17-23)21-14-12-20(13-15-21)19-6-2-1-3-7-19/h1-18H. The Bertz CT molecular complexity index is 1320. The molecule has 0 amide bonds. The van der Waals surface area contributed by atoms with Crippen molar-refractivity contribution in [1.82, 2.24) is 9.97 Å². The molecule has 0 aliphatic heterocycles. The van der Waals surface area contributed by atoms with Crippen molar-refractivity contribution < 1.29 is 0 Å². The van der Waals surface area contributed by atoms with Crippen molar-refractivity contribution in [2.45, 2.75) is 0 Å². The molecule has 0 N–H and O–H groups in total. The lowest BCUT2D eigenvalue weighted by Crippen LogP contribution is -2.02. The number of benzene rings is 4. The van der Waals surface area contributed by atoms with Crippen LogP contribution in [0.3, 0.4) is 0 Å². The van der Waals surface area contributed by atoms with Gasteiger partial charge in [-0.15, -0.1) is 0 Å².